The molecule has 0 bridgehead atoms. The molecule has 1 aliphatic rings. The van der Waals surface area contributed by atoms with Crippen LogP contribution in [0.1, 0.15) is 31.4 Å². The van der Waals surface area contributed by atoms with Crippen molar-refractivity contribution < 1.29 is 4.74 Å². The molecule has 0 spiro atoms. The number of nitrogens with zero attached hydrogens (tertiary/aromatic N) is 1. The number of ether oxygens (including phenoxy) is 1. The molecule has 1 N–H and O–H groups in total. The third-order valence-corrected chi connectivity index (χ3v) is 4.19. The molecule has 1 aromatic rings. The van der Waals surface area contributed by atoms with Gasteiger partial charge in [0.15, 0.2) is 0 Å². The quantitative estimate of drug-likeness (QED) is 0.829. The molecule has 0 aromatic heterocycles. The highest BCUT2D eigenvalue weighted by atomic mass is 16.5. The number of nitrogens with one attached hydrogen (secondary N) is 1. The molecule has 0 unspecified atom stereocenters. The van der Waals surface area contributed by atoms with E-state index in [-0.39, 0.29) is 5.41 Å². The molecule has 3 heteroatoms. The van der Waals surface area contributed by atoms with E-state index in [9.17, 15) is 0 Å². The van der Waals surface area contributed by atoms with Gasteiger partial charge in [-0.2, -0.15) is 0 Å². The normalized spacial score (nSPS) is 14.7. The summed E-state index contributed by atoms with van der Waals surface area (Å²) >= 11 is 0. The molecule has 3 nitrogen and oxygen atoms in total. The average molecular weight is 276 g/mol. The van der Waals surface area contributed by atoms with Crippen molar-refractivity contribution in [3.63, 3.8) is 0 Å². The zero-order chi connectivity index (χ0) is 14.6. The van der Waals surface area contributed by atoms with E-state index in [2.05, 4.69) is 49.3 Å². The number of anilines is 1. The molecule has 0 amide bonds. The Morgan fingerprint density at radius 2 is 2.15 bits per heavy atom. The van der Waals surface area contributed by atoms with Crippen LogP contribution in [0.5, 0.6) is 0 Å². The van der Waals surface area contributed by atoms with Crippen molar-refractivity contribution in [2.75, 3.05) is 38.8 Å². The number of likely N-dealkylation sites (N-methyl/N-ethyl adjacent to an activating group) is 1. The monoisotopic (exact) mass is 276 g/mol. The van der Waals surface area contributed by atoms with Gasteiger partial charge >= 0.3 is 0 Å². The highest BCUT2D eigenvalue weighted by Crippen LogP contribution is 2.27. The molecule has 20 heavy (non-hydrogen) atoms. The Balaban J connectivity index is 1.83. The van der Waals surface area contributed by atoms with Crippen molar-refractivity contribution in [2.24, 2.45) is 5.41 Å². The van der Waals surface area contributed by atoms with Crippen molar-refractivity contribution >= 4 is 5.69 Å². The fourth-order valence-corrected chi connectivity index (χ4v) is 2.74. The Kier molecular flexibility index (Phi) is 5.06. The van der Waals surface area contributed by atoms with Gasteiger partial charge in [0, 0.05) is 46.1 Å². The fraction of sp³-hybridized carbons (Fsp3) is 0.647. The Morgan fingerprint density at radius 3 is 2.90 bits per heavy atom. The first-order valence-electron chi connectivity index (χ1n) is 7.54. The first-order valence-corrected chi connectivity index (χ1v) is 7.54. The highest BCUT2D eigenvalue weighted by molar-refractivity contribution is 5.58. The summed E-state index contributed by atoms with van der Waals surface area (Å²) < 4.78 is 5.17. The number of rotatable bonds is 7. The van der Waals surface area contributed by atoms with Crippen molar-refractivity contribution in [1.82, 2.24) is 5.32 Å². The zero-order valence-electron chi connectivity index (χ0n) is 13.3. The van der Waals surface area contributed by atoms with Crippen LogP contribution in [0, 0.1) is 5.41 Å². The average Bonchev–Trinajstić information content (AvgIpc) is 2.78. The first kappa shape index (κ1) is 15.3. The van der Waals surface area contributed by atoms with E-state index in [1.165, 1.54) is 23.2 Å². The minimum absolute atomic E-state index is 0.285. The summed E-state index contributed by atoms with van der Waals surface area (Å²) in [5, 5.41) is 3.58. The van der Waals surface area contributed by atoms with E-state index in [1.54, 1.807) is 7.11 Å². The summed E-state index contributed by atoms with van der Waals surface area (Å²) in [4.78, 5) is 2.33. The van der Waals surface area contributed by atoms with Gasteiger partial charge in [-0.05, 0) is 35.4 Å². The molecular weight excluding hydrogens is 248 g/mol. The third-order valence-electron chi connectivity index (χ3n) is 4.19. The third kappa shape index (κ3) is 3.97. The summed E-state index contributed by atoms with van der Waals surface area (Å²) in [6.45, 7) is 8.53. The van der Waals surface area contributed by atoms with E-state index < -0.39 is 0 Å². The number of hydrogen-bond donors (Lipinski definition) is 1. The first-order chi connectivity index (χ1) is 9.52. The van der Waals surface area contributed by atoms with Crippen LogP contribution in [0.25, 0.3) is 0 Å². The lowest BCUT2D eigenvalue weighted by atomic mass is 9.89. The molecule has 0 fully saturated rings. The van der Waals surface area contributed by atoms with Crippen LogP contribution in [-0.2, 0) is 17.7 Å². The molecule has 1 aliphatic heterocycles. The largest absolute Gasteiger partial charge is 0.385 e. The van der Waals surface area contributed by atoms with Crippen LogP contribution in [0.4, 0.5) is 5.69 Å². The van der Waals surface area contributed by atoms with Crippen molar-refractivity contribution in [3.05, 3.63) is 29.3 Å². The SMILES string of the molecule is COCCC(C)(C)CNCc1ccc2c(c1)CCN2C. The lowest BCUT2D eigenvalue weighted by molar-refractivity contribution is 0.150. The van der Waals surface area contributed by atoms with Gasteiger partial charge in [-0.15, -0.1) is 0 Å². The minimum atomic E-state index is 0.285. The Bertz CT molecular complexity index is 443. The zero-order valence-corrected chi connectivity index (χ0v) is 13.3. The smallest absolute Gasteiger partial charge is 0.0467 e. The van der Waals surface area contributed by atoms with Crippen molar-refractivity contribution in [3.8, 4) is 0 Å². The van der Waals surface area contributed by atoms with Gasteiger partial charge in [-0.1, -0.05) is 26.0 Å². The van der Waals surface area contributed by atoms with E-state index in [4.69, 9.17) is 4.74 Å². The van der Waals surface area contributed by atoms with E-state index >= 15 is 0 Å². The predicted molar refractivity (Wildman–Crippen MR) is 85.4 cm³/mol. The van der Waals surface area contributed by atoms with Gasteiger partial charge in [0.2, 0.25) is 0 Å². The van der Waals surface area contributed by atoms with Crippen LogP contribution in [0.3, 0.4) is 0 Å². The van der Waals surface area contributed by atoms with Crippen LogP contribution in [-0.4, -0.2) is 33.9 Å². The molecule has 0 saturated carbocycles. The highest BCUT2D eigenvalue weighted by Gasteiger charge is 2.18. The lowest BCUT2D eigenvalue weighted by Gasteiger charge is -2.24. The Hall–Kier alpha value is -1.06. The molecule has 1 heterocycles. The van der Waals surface area contributed by atoms with Crippen molar-refractivity contribution in [2.45, 2.75) is 33.2 Å². The second kappa shape index (κ2) is 6.59. The number of fused-ring (bicyclic) bond motifs is 1. The minimum Gasteiger partial charge on any atom is -0.385 e. The Morgan fingerprint density at radius 1 is 1.35 bits per heavy atom. The predicted octanol–water partition coefficient (Wildman–Crippen LogP) is 2.83. The van der Waals surface area contributed by atoms with Gasteiger partial charge in [0.05, 0.1) is 0 Å². The molecule has 2 rings (SSSR count). The maximum Gasteiger partial charge on any atom is 0.0467 e. The second-order valence-corrected chi connectivity index (χ2v) is 6.65. The van der Waals surface area contributed by atoms with E-state index in [0.29, 0.717) is 0 Å². The van der Waals surface area contributed by atoms with Gasteiger partial charge in [-0.3, -0.25) is 0 Å². The number of benzene rings is 1. The van der Waals surface area contributed by atoms with Crippen LogP contribution < -0.4 is 10.2 Å². The maximum absolute atomic E-state index is 5.17. The topological polar surface area (TPSA) is 24.5 Å². The molecule has 112 valence electrons. The van der Waals surface area contributed by atoms with Gasteiger partial charge in [0.1, 0.15) is 0 Å². The fourth-order valence-electron chi connectivity index (χ4n) is 2.74. The van der Waals surface area contributed by atoms with Gasteiger partial charge < -0.3 is 15.0 Å². The molecular formula is C17H28N2O. The summed E-state index contributed by atoms with van der Waals surface area (Å²) in [7, 11) is 3.94. The summed E-state index contributed by atoms with van der Waals surface area (Å²) in [6.07, 6.45) is 2.27. The van der Waals surface area contributed by atoms with Gasteiger partial charge in [-0.25, -0.2) is 0 Å². The summed E-state index contributed by atoms with van der Waals surface area (Å²) in [5.74, 6) is 0. The maximum atomic E-state index is 5.17. The Labute approximate surface area is 123 Å². The van der Waals surface area contributed by atoms with E-state index in [0.717, 1.165) is 32.7 Å². The standard InChI is InChI=1S/C17H28N2O/c1-17(2,8-10-20-4)13-18-12-14-5-6-16-15(11-14)7-9-19(16)3/h5-6,11,18H,7-10,12-13H2,1-4H3. The second-order valence-electron chi connectivity index (χ2n) is 6.65. The molecule has 1 aromatic carbocycles. The van der Waals surface area contributed by atoms with Crippen LogP contribution in [0.15, 0.2) is 18.2 Å². The van der Waals surface area contributed by atoms with E-state index in [1.807, 2.05) is 0 Å². The van der Waals surface area contributed by atoms with Gasteiger partial charge in [0.25, 0.3) is 0 Å². The molecule has 0 saturated heterocycles. The summed E-state index contributed by atoms with van der Waals surface area (Å²) in [5.41, 5.74) is 4.56. The van der Waals surface area contributed by atoms with Crippen LogP contribution in [0.2, 0.25) is 0 Å². The number of hydrogen-bond acceptors (Lipinski definition) is 3. The van der Waals surface area contributed by atoms with Crippen LogP contribution >= 0.6 is 0 Å². The lowest BCUT2D eigenvalue weighted by Crippen LogP contribution is -2.30. The summed E-state index contributed by atoms with van der Waals surface area (Å²) in [6, 6.07) is 6.86. The molecule has 0 radical (unpaired) electrons. The number of methoxy groups -OCH3 is 1. The molecule has 0 atom stereocenters. The molecule has 0 aliphatic carbocycles. The van der Waals surface area contributed by atoms with Crippen molar-refractivity contribution in [1.29, 1.82) is 0 Å².